The van der Waals surface area contributed by atoms with Crippen molar-refractivity contribution in [3.8, 4) is 0 Å². The van der Waals surface area contributed by atoms with E-state index in [9.17, 15) is 9.59 Å². The van der Waals surface area contributed by atoms with Crippen LogP contribution in [0.25, 0.3) is 0 Å². The molecule has 0 spiro atoms. The largest absolute Gasteiger partial charge is 0.444 e. The van der Waals surface area contributed by atoms with Crippen LogP contribution < -0.4 is 0 Å². The minimum atomic E-state index is -0.821. The second-order valence-corrected chi connectivity index (χ2v) is 6.07. The third kappa shape index (κ3) is 4.31. The molecule has 4 heteroatoms. The maximum Gasteiger partial charge on any atom is 0.410 e. The molecule has 0 aromatic carbocycles. The lowest BCUT2D eigenvalue weighted by molar-refractivity contribution is -0.120. The van der Waals surface area contributed by atoms with Gasteiger partial charge in [0.1, 0.15) is 17.4 Å². The van der Waals surface area contributed by atoms with Gasteiger partial charge in [-0.2, -0.15) is 0 Å². The highest BCUT2D eigenvalue weighted by Gasteiger charge is 2.39. The first-order valence-electron chi connectivity index (χ1n) is 6.51. The second kappa shape index (κ2) is 6.21. The van der Waals surface area contributed by atoms with Crippen LogP contribution >= 0.6 is 0 Å². The lowest BCUT2D eigenvalue weighted by Gasteiger charge is -2.39. The Morgan fingerprint density at radius 1 is 1.33 bits per heavy atom. The zero-order valence-electron chi connectivity index (χ0n) is 12.7. The molecule has 2 atom stereocenters. The summed E-state index contributed by atoms with van der Waals surface area (Å²) in [5, 5.41) is 0. The molecule has 18 heavy (non-hydrogen) atoms. The van der Waals surface area contributed by atoms with Gasteiger partial charge in [0, 0.05) is 7.05 Å². The predicted molar refractivity (Wildman–Crippen MR) is 72.5 cm³/mol. The van der Waals surface area contributed by atoms with Crippen molar-refractivity contribution in [2.45, 2.75) is 65.5 Å². The number of nitrogens with zero attached hydrogens (tertiary/aromatic N) is 1. The maximum atomic E-state index is 12.0. The molecule has 0 heterocycles. The molecule has 0 saturated heterocycles. The summed E-state index contributed by atoms with van der Waals surface area (Å²) in [6, 6.07) is 0. The van der Waals surface area contributed by atoms with Crippen LogP contribution in [0.5, 0.6) is 0 Å². The van der Waals surface area contributed by atoms with Crippen LogP contribution in [0, 0.1) is 5.92 Å². The number of rotatable bonds is 5. The lowest BCUT2D eigenvalue weighted by Crippen LogP contribution is -2.54. The molecule has 0 radical (unpaired) electrons. The Kier molecular flexibility index (Phi) is 5.84. The molecule has 0 rings (SSSR count). The van der Waals surface area contributed by atoms with Crippen molar-refractivity contribution in [3.05, 3.63) is 0 Å². The van der Waals surface area contributed by atoms with Gasteiger partial charge >= 0.3 is 6.09 Å². The van der Waals surface area contributed by atoms with E-state index in [-0.39, 0.29) is 5.92 Å². The SMILES string of the molecule is CCCC(C)C(C)(C=O)N(C)C(=O)OC(C)(C)C. The van der Waals surface area contributed by atoms with Crippen molar-refractivity contribution < 1.29 is 14.3 Å². The van der Waals surface area contributed by atoms with Crippen LogP contribution in [-0.4, -0.2) is 35.5 Å². The van der Waals surface area contributed by atoms with E-state index in [1.807, 2.05) is 27.7 Å². The average molecular weight is 257 g/mol. The van der Waals surface area contributed by atoms with Gasteiger partial charge in [0.25, 0.3) is 0 Å². The summed E-state index contributed by atoms with van der Waals surface area (Å²) in [7, 11) is 1.62. The molecule has 0 saturated carbocycles. The van der Waals surface area contributed by atoms with E-state index in [4.69, 9.17) is 4.74 Å². The standard InChI is InChI=1S/C14H27NO3/c1-8-9-11(2)14(6,10-16)15(7)12(17)18-13(3,4)5/h10-11H,8-9H2,1-7H3. The molecule has 0 bridgehead atoms. The number of aldehydes is 1. The Morgan fingerprint density at radius 3 is 2.17 bits per heavy atom. The van der Waals surface area contributed by atoms with Gasteiger partial charge in [0.05, 0.1) is 0 Å². The average Bonchev–Trinajstić information content (AvgIpc) is 2.24. The van der Waals surface area contributed by atoms with E-state index in [2.05, 4.69) is 6.92 Å². The highest BCUT2D eigenvalue weighted by molar-refractivity contribution is 5.76. The summed E-state index contributed by atoms with van der Waals surface area (Å²) in [5.41, 5.74) is -1.37. The maximum absolute atomic E-state index is 12.0. The fourth-order valence-electron chi connectivity index (χ4n) is 1.78. The number of hydrogen-bond acceptors (Lipinski definition) is 3. The van der Waals surface area contributed by atoms with E-state index >= 15 is 0 Å². The Labute approximate surface area is 111 Å². The quantitative estimate of drug-likeness (QED) is 0.710. The minimum absolute atomic E-state index is 0.0949. The molecule has 0 aliphatic carbocycles. The first-order chi connectivity index (χ1) is 8.08. The van der Waals surface area contributed by atoms with Crippen LogP contribution in [0.1, 0.15) is 54.4 Å². The number of amides is 1. The van der Waals surface area contributed by atoms with E-state index in [0.29, 0.717) is 0 Å². The molecule has 1 amide bonds. The summed E-state index contributed by atoms with van der Waals surface area (Å²) in [6.45, 7) is 11.3. The number of carbonyl (C=O) groups excluding carboxylic acids is 2. The molecule has 0 aliphatic rings. The lowest BCUT2D eigenvalue weighted by atomic mass is 9.84. The molecular formula is C14H27NO3. The first-order valence-corrected chi connectivity index (χ1v) is 6.51. The monoisotopic (exact) mass is 257 g/mol. The van der Waals surface area contributed by atoms with Gasteiger partial charge < -0.3 is 9.53 Å². The zero-order chi connectivity index (χ0) is 14.6. The third-order valence-electron chi connectivity index (χ3n) is 3.35. The number of ether oxygens (including phenoxy) is 1. The van der Waals surface area contributed by atoms with Crippen LogP contribution in [0.4, 0.5) is 4.79 Å². The molecule has 0 fully saturated rings. The number of carbonyl (C=O) groups is 2. The smallest absolute Gasteiger partial charge is 0.410 e. The van der Waals surface area contributed by atoms with Crippen molar-refractivity contribution in [3.63, 3.8) is 0 Å². The van der Waals surface area contributed by atoms with Crippen LogP contribution in [0.15, 0.2) is 0 Å². The van der Waals surface area contributed by atoms with Crippen LogP contribution in [0.3, 0.4) is 0 Å². The van der Waals surface area contributed by atoms with E-state index in [1.54, 1.807) is 14.0 Å². The van der Waals surface area contributed by atoms with Gasteiger partial charge in [-0.3, -0.25) is 4.90 Å². The van der Waals surface area contributed by atoms with Gasteiger partial charge in [-0.15, -0.1) is 0 Å². The Bertz CT molecular complexity index is 296. The summed E-state index contributed by atoms with van der Waals surface area (Å²) in [4.78, 5) is 24.8. The van der Waals surface area contributed by atoms with Gasteiger partial charge in [0.2, 0.25) is 0 Å². The predicted octanol–water partition coefficient (Wildman–Crippen LogP) is 3.25. The minimum Gasteiger partial charge on any atom is -0.444 e. The number of hydrogen-bond donors (Lipinski definition) is 0. The van der Waals surface area contributed by atoms with Gasteiger partial charge in [-0.1, -0.05) is 20.3 Å². The van der Waals surface area contributed by atoms with Crippen LogP contribution in [0.2, 0.25) is 0 Å². The molecular weight excluding hydrogens is 230 g/mol. The molecule has 0 aromatic heterocycles. The van der Waals surface area contributed by atoms with Crippen molar-refractivity contribution in [1.82, 2.24) is 4.90 Å². The Morgan fingerprint density at radius 2 is 1.83 bits per heavy atom. The molecule has 0 aliphatic heterocycles. The number of likely N-dealkylation sites (N-methyl/N-ethyl adjacent to an activating group) is 1. The van der Waals surface area contributed by atoms with Crippen LogP contribution in [-0.2, 0) is 9.53 Å². The molecule has 0 N–H and O–H groups in total. The molecule has 4 nitrogen and oxygen atoms in total. The zero-order valence-corrected chi connectivity index (χ0v) is 12.7. The van der Waals surface area contributed by atoms with Gasteiger partial charge in [-0.25, -0.2) is 4.79 Å². The molecule has 0 aromatic rings. The molecule has 2 unspecified atom stereocenters. The van der Waals surface area contributed by atoms with E-state index in [0.717, 1.165) is 19.1 Å². The first kappa shape index (κ1) is 16.9. The van der Waals surface area contributed by atoms with Crippen molar-refractivity contribution in [2.24, 2.45) is 5.92 Å². The normalized spacial score (nSPS) is 16.6. The second-order valence-electron chi connectivity index (χ2n) is 6.07. The molecule has 106 valence electrons. The Balaban J connectivity index is 4.94. The fourth-order valence-corrected chi connectivity index (χ4v) is 1.78. The Hall–Kier alpha value is -1.06. The summed E-state index contributed by atoms with van der Waals surface area (Å²) in [5.74, 6) is 0.0949. The van der Waals surface area contributed by atoms with Crippen molar-refractivity contribution in [1.29, 1.82) is 0 Å². The highest BCUT2D eigenvalue weighted by Crippen LogP contribution is 2.27. The third-order valence-corrected chi connectivity index (χ3v) is 3.35. The van der Waals surface area contributed by atoms with Gasteiger partial charge in [0.15, 0.2) is 0 Å². The van der Waals surface area contributed by atoms with E-state index < -0.39 is 17.2 Å². The highest BCUT2D eigenvalue weighted by atomic mass is 16.6. The van der Waals surface area contributed by atoms with Crippen molar-refractivity contribution >= 4 is 12.4 Å². The fraction of sp³-hybridized carbons (Fsp3) is 0.857. The van der Waals surface area contributed by atoms with E-state index in [1.165, 1.54) is 4.90 Å². The summed E-state index contributed by atoms with van der Waals surface area (Å²) in [6.07, 6.45) is 2.26. The van der Waals surface area contributed by atoms with Crippen molar-refractivity contribution in [2.75, 3.05) is 7.05 Å². The summed E-state index contributed by atoms with van der Waals surface area (Å²) < 4.78 is 5.30. The summed E-state index contributed by atoms with van der Waals surface area (Å²) >= 11 is 0. The van der Waals surface area contributed by atoms with Gasteiger partial charge in [-0.05, 0) is 40.0 Å². The topological polar surface area (TPSA) is 46.6 Å².